The molecule has 0 saturated carbocycles. The van der Waals surface area contributed by atoms with Crippen LogP contribution in [0.1, 0.15) is 10.5 Å². The third-order valence-electron chi connectivity index (χ3n) is 2.85. The molecular weight excluding hydrogens is 234 g/mol. The number of ether oxygens (including phenoxy) is 1. The smallest absolute Gasteiger partial charge is 0.354 e. The van der Waals surface area contributed by atoms with Crippen molar-refractivity contribution in [2.75, 3.05) is 38.6 Å². The first-order chi connectivity index (χ1) is 8.65. The Balaban J connectivity index is 1.89. The first kappa shape index (κ1) is 12.8. The van der Waals surface area contributed by atoms with Crippen LogP contribution in [-0.2, 0) is 4.74 Å². The quantitative estimate of drug-likeness (QED) is 0.812. The number of morpholine rings is 1. The van der Waals surface area contributed by atoms with Gasteiger partial charge < -0.3 is 20.1 Å². The highest BCUT2D eigenvalue weighted by molar-refractivity contribution is 5.86. The number of aromatic carboxylic acids is 1. The summed E-state index contributed by atoms with van der Waals surface area (Å²) in [5.41, 5.74) is 0.793. The number of nitrogens with zero attached hydrogens (tertiary/aromatic N) is 2. The fourth-order valence-electron chi connectivity index (χ4n) is 1.88. The normalized spacial score (nSPS) is 20.6. The monoisotopic (exact) mass is 251 g/mol. The van der Waals surface area contributed by atoms with Crippen molar-refractivity contribution in [1.29, 1.82) is 0 Å². The van der Waals surface area contributed by atoms with E-state index in [1.165, 1.54) is 12.3 Å². The van der Waals surface area contributed by atoms with Gasteiger partial charge >= 0.3 is 5.97 Å². The zero-order chi connectivity index (χ0) is 13.0. The van der Waals surface area contributed by atoms with Crippen molar-refractivity contribution >= 4 is 11.7 Å². The standard InChI is InChI=1S/C12H17N3O3/c1-15-4-5-18-10(8-15)7-14-9-2-3-13-11(6-9)12(16)17/h2-3,6,10H,4-5,7-8H2,1H3,(H,13,14)(H,16,17). The Morgan fingerprint density at radius 1 is 1.72 bits per heavy atom. The first-order valence-electron chi connectivity index (χ1n) is 5.88. The van der Waals surface area contributed by atoms with Gasteiger partial charge in [-0.05, 0) is 19.2 Å². The fraction of sp³-hybridized carbons (Fsp3) is 0.500. The molecule has 1 aliphatic rings. The number of carboxylic acid groups (broad SMARTS) is 1. The Kier molecular flexibility index (Phi) is 4.11. The van der Waals surface area contributed by atoms with Gasteiger partial charge in [0.2, 0.25) is 0 Å². The summed E-state index contributed by atoms with van der Waals surface area (Å²) < 4.78 is 5.61. The van der Waals surface area contributed by atoms with Gasteiger partial charge in [-0.3, -0.25) is 0 Å². The topological polar surface area (TPSA) is 74.7 Å². The van der Waals surface area contributed by atoms with Crippen LogP contribution >= 0.6 is 0 Å². The van der Waals surface area contributed by atoms with E-state index in [1.54, 1.807) is 6.07 Å². The number of aromatic nitrogens is 1. The Morgan fingerprint density at radius 2 is 2.56 bits per heavy atom. The molecule has 1 fully saturated rings. The number of hydrogen-bond acceptors (Lipinski definition) is 5. The molecule has 2 heterocycles. The predicted octanol–water partition coefficient (Wildman–Crippen LogP) is 0.522. The lowest BCUT2D eigenvalue weighted by atomic mass is 10.2. The third-order valence-corrected chi connectivity index (χ3v) is 2.85. The molecule has 1 aromatic heterocycles. The van der Waals surface area contributed by atoms with Crippen molar-refractivity contribution in [2.24, 2.45) is 0 Å². The Morgan fingerprint density at radius 3 is 3.28 bits per heavy atom. The van der Waals surface area contributed by atoms with Gasteiger partial charge in [0, 0.05) is 31.5 Å². The highest BCUT2D eigenvalue weighted by Gasteiger charge is 2.17. The summed E-state index contributed by atoms with van der Waals surface area (Å²) in [4.78, 5) is 16.8. The number of carbonyl (C=O) groups is 1. The zero-order valence-corrected chi connectivity index (χ0v) is 10.3. The molecule has 0 radical (unpaired) electrons. The molecule has 0 aromatic carbocycles. The van der Waals surface area contributed by atoms with Crippen LogP contribution < -0.4 is 5.32 Å². The number of pyridine rings is 1. The summed E-state index contributed by atoms with van der Waals surface area (Å²) in [6.07, 6.45) is 1.62. The van der Waals surface area contributed by atoms with E-state index in [1.807, 2.05) is 0 Å². The van der Waals surface area contributed by atoms with Gasteiger partial charge in [0.15, 0.2) is 0 Å². The average molecular weight is 251 g/mol. The summed E-state index contributed by atoms with van der Waals surface area (Å²) in [5, 5.41) is 12.0. The molecule has 98 valence electrons. The Labute approximate surface area is 106 Å². The molecule has 0 aliphatic carbocycles. The highest BCUT2D eigenvalue weighted by Crippen LogP contribution is 2.10. The second kappa shape index (κ2) is 5.79. The summed E-state index contributed by atoms with van der Waals surface area (Å²) in [6, 6.07) is 3.27. The molecular formula is C12H17N3O3. The largest absolute Gasteiger partial charge is 0.477 e. The van der Waals surface area contributed by atoms with Crippen molar-refractivity contribution < 1.29 is 14.6 Å². The average Bonchev–Trinajstić information content (AvgIpc) is 2.37. The maximum atomic E-state index is 10.8. The summed E-state index contributed by atoms with van der Waals surface area (Å²) >= 11 is 0. The van der Waals surface area contributed by atoms with Crippen molar-refractivity contribution in [3.05, 3.63) is 24.0 Å². The lowest BCUT2D eigenvalue weighted by Gasteiger charge is -2.30. The molecule has 1 aromatic rings. The summed E-state index contributed by atoms with van der Waals surface area (Å²) in [5.74, 6) is -1.02. The maximum Gasteiger partial charge on any atom is 0.354 e. The molecule has 6 heteroatoms. The summed E-state index contributed by atoms with van der Waals surface area (Å²) in [7, 11) is 2.06. The van der Waals surface area contributed by atoms with Crippen LogP contribution in [0.4, 0.5) is 5.69 Å². The Bertz CT molecular complexity index is 425. The van der Waals surface area contributed by atoms with Crippen molar-refractivity contribution in [2.45, 2.75) is 6.10 Å². The molecule has 2 rings (SSSR count). The third kappa shape index (κ3) is 3.41. The molecule has 1 atom stereocenters. The maximum absolute atomic E-state index is 10.8. The van der Waals surface area contributed by atoms with Gasteiger partial charge in [-0.1, -0.05) is 0 Å². The second-order valence-electron chi connectivity index (χ2n) is 4.37. The van der Waals surface area contributed by atoms with Gasteiger partial charge in [0.1, 0.15) is 5.69 Å². The molecule has 0 spiro atoms. The van der Waals surface area contributed by atoms with E-state index in [4.69, 9.17) is 9.84 Å². The lowest BCUT2D eigenvalue weighted by Crippen LogP contribution is -2.43. The van der Waals surface area contributed by atoms with Gasteiger partial charge in [-0.2, -0.15) is 0 Å². The minimum absolute atomic E-state index is 0.0432. The van der Waals surface area contributed by atoms with E-state index in [0.717, 1.165) is 25.4 Å². The van der Waals surface area contributed by atoms with Crippen LogP contribution in [-0.4, -0.2) is 60.4 Å². The fourth-order valence-corrected chi connectivity index (χ4v) is 1.88. The SMILES string of the molecule is CN1CCOC(CNc2ccnc(C(=O)O)c2)C1. The molecule has 18 heavy (non-hydrogen) atoms. The van der Waals surface area contributed by atoms with Gasteiger partial charge in [-0.15, -0.1) is 0 Å². The molecule has 0 bridgehead atoms. The number of likely N-dealkylation sites (N-methyl/N-ethyl adjacent to an activating group) is 1. The van der Waals surface area contributed by atoms with Crippen molar-refractivity contribution in [1.82, 2.24) is 9.88 Å². The van der Waals surface area contributed by atoms with Gasteiger partial charge in [0.25, 0.3) is 0 Å². The first-order valence-corrected chi connectivity index (χ1v) is 5.88. The molecule has 6 nitrogen and oxygen atoms in total. The molecule has 1 aliphatic heterocycles. The van der Waals surface area contributed by atoms with Crippen LogP contribution in [0, 0.1) is 0 Å². The van der Waals surface area contributed by atoms with E-state index in [-0.39, 0.29) is 11.8 Å². The molecule has 2 N–H and O–H groups in total. The van der Waals surface area contributed by atoms with E-state index in [2.05, 4.69) is 22.2 Å². The lowest BCUT2D eigenvalue weighted by molar-refractivity contribution is -0.0117. The van der Waals surface area contributed by atoms with E-state index in [0.29, 0.717) is 6.54 Å². The van der Waals surface area contributed by atoms with E-state index < -0.39 is 5.97 Å². The van der Waals surface area contributed by atoms with Crippen molar-refractivity contribution in [3.63, 3.8) is 0 Å². The highest BCUT2D eigenvalue weighted by atomic mass is 16.5. The van der Waals surface area contributed by atoms with Crippen LogP contribution in [0.2, 0.25) is 0 Å². The van der Waals surface area contributed by atoms with E-state index in [9.17, 15) is 4.79 Å². The number of nitrogens with one attached hydrogen (secondary N) is 1. The minimum atomic E-state index is -1.02. The zero-order valence-electron chi connectivity index (χ0n) is 10.3. The minimum Gasteiger partial charge on any atom is -0.477 e. The van der Waals surface area contributed by atoms with Crippen molar-refractivity contribution in [3.8, 4) is 0 Å². The van der Waals surface area contributed by atoms with Gasteiger partial charge in [-0.25, -0.2) is 9.78 Å². The van der Waals surface area contributed by atoms with E-state index >= 15 is 0 Å². The summed E-state index contributed by atoms with van der Waals surface area (Å²) in [6.45, 7) is 3.23. The number of hydrogen-bond donors (Lipinski definition) is 2. The Hall–Kier alpha value is -1.66. The van der Waals surface area contributed by atoms with Gasteiger partial charge in [0.05, 0.1) is 12.7 Å². The molecule has 1 saturated heterocycles. The van der Waals surface area contributed by atoms with Crippen LogP contribution in [0.15, 0.2) is 18.3 Å². The predicted molar refractivity (Wildman–Crippen MR) is 66.9 cm³/mol. The number of anilines is 1. The van der Waals surface area contributed by atoms with Crippen LogP contribution in [0.3, 0.4) is 0 Å². The number of rotatable bonds is 4. The van der Waals surface area contributed by atoms with Crippen LogP contribution in [0.5, 0.6) is 0 Å². The molecule has 0 amide bonds. The number of carboxylic acids is 1. The van der Waals surface area contributed by atoms with Crippen LogP contribution in [0.25, 0.3) is 0 Å². The molecule has 1 unspecified atom stereocenters. The second-order valence-corrected chi connectivity index (χ2v) is 4.37.